The quantitative estimate of drug-likeness (QED) is 0.347. The van der Waals surface area contributed by atoms with Crippen LogP contribution in [-0.4, -0.2) is 55.8 Å². The Balaban J connectivity index is 0.00000392. The van der Waals surface area contributed by atoms with Crippen molar-refractivity contribution >= 4 is 40.0 Å². The molecule has 1 heterocycles. The van der Waals surface area contributed by atoms with Crippen LogP contribution in [0.2, 0.25) is 0 Å². The Bertz CT molecular complexity index is 876. The summed E-state index contributed by atoms with van der Waals surface area (Å²) in [7, 11) is 3.67. The highest BCUT2D eigenvalue weighted by molar-refractivity contribution is 14.0. The number of sulfonamides is 1. The fraction of sp³-hybridized carbons (Fsp3) is 0.421. The Morgan fingerprint density at radius 2 is 1.79 bits per heavy atom. The zero-order chi connectivity index (χ0) is 20.0. The van der Waals surface area contributed by atoms with Crippen LogP contribution in [0.1, 0.15) is 18.2 Å². The van der Waals surface area contributed by atoms with Gasteiger partial charge >= 0.3 is 0 Å². The average Bonchev–Trinajstić information content (AvgIpc) is 3.03. The fourth-order valence-corrected chi connectivity index (χ4v) is 3.49. The molecule has 2 rings (SSSR count). The van der Waals surface area contributed by atoms with Crippen LogP contribution in [0.4, 0.5) is 0 Å². The van der Waals surface area contributed by atoms with Crippen molar-refractivity contribution in [3.05, 3.63) is 53.9 Å². The maximum atomic E-state index is 12.1. The lowest BCUT2D eigenvalue weighted by Crippen LogP contribution is -2.38. The predicted molar refractivity (Wildman–Crippen MR) is 124 cm³/mol. The van der Waals surface area contributed by atoms with Gasteiger partial charge in [0.05, 0.1) is 18.0 Å². The third-order valence-electron chi connectivity index (χ3n) is 4.26. The van der Waals surface area contributed by atoms with E-state index < -0.39 is 10.0 Å². The number of hydrogen-bond acceptors (Lipinski definition) is 3. The summed E-state index contributed by atoms with van der Waals surface area (Å²) < 4.78 is 27.6. The number of aliphatic imine (C=N–C) groups is 1. The number of guanidine groups is 1. The molecule has 0 unspecified atom stereocenters. The number of nitrogens with one attached hydrogen (secondary N) is 1. The topological polar surface area (TPSA) is 69.9 Å². The van der Waals surface area contributed by atoms with Gasteiger partial charge < -0.3 is 14.8 Å². The minimum absolute atomic E-state index is 0. The van der Waals surface area contributed by atoms with Crippen LogP contribution in [0.15, 0.2) is 52.5 Å². The molecule has 28 heavy (non-hydrogen) atoms. The van der Waals surface area contributed by atoms with Crippen molar-refractivity contribution in [3.8, 4) is 0 Å². The normalized spacial score (nSPS) is 12.0. The lowest BCUT2D eigenvalue weighted by molar-refractivity contribution is 0.462. The highest BCUT2D eigenvalue weighted by Gasteiger charge is 2.16. The highest BCUT2D eigenvalue weighted by atomic mass is 127. The van der Waals surface area contributed by atoms with E-state index in [4.69, 9.17) is 0 Å². The zero-order valence-electron chi connectivity index (χ0n) is 17.1. The summed E-state index contributed by atoms with van der Waals surface area (Å²) in [4.78, 5) is 7.04. The molecule has 0 aliphatic carbocycles. The predicted octanol–water partition coefficient (Wildman–Crippen LogP) is 2.49. The summed E-state index contributed by atoms with van der Waals surface area (Å²) in [6.07, 6.45) is 2.02. The SMILES string of the molecule is CCNC(=NCc1ccc(S(=O)(=O)N(C)C)cc1)N(C)Cc1cccn1C.I. The van der Waals surface area contributed by atoms with Crippen molar-refractivity contribution in [1.82, 2.24) is 19.1 Å². The molecule has 0 saturated carbocycles. The first-order chi connectivity index (χ1) is 12.8. The lowest BCUT2D eigenvalue weighted by atomic mass is 10.2. The molecule has 7 nitrogen and oxygen atoms in total. The second kappa shape index (κ2) is 10.8. The zero-order valence-corrected chi connectivity index (χ0v) is 20.2. The minimum atomic E-state index is -3.41. The van der Waals surface area contributed by atoms with Crippen LogP contribution in [-0.2, 0) is 30.2 Å². The molecule has 1 N–H and O–H groups in total. The van der Waals surface area contributed by atoms with Gasteiger partial charge in [0, 0.05) is 46.6 Å². The Hall–Kier alpha value is -1.59. The Morgan fingerprint density at radius 3 is 2.29 bits per heavy atom. The van der Waals surface area contributed by atoms with Crippen molar-refractivity contribution in [2.75, 3.05) is 27.7 Å². The first-order valence-electron chi connectivity index (χ1n) is 8.86. The maximum Gasteiger partial charge on any atom is 0.242 e. The smallest absolute Gasteiger partial charge is 0.242 e. The fourth-order valence-electron chi connectivity index (χ4n) is 2.59. The second-order valence-electron chi connectivity index (χ2n) is 6.57. The second-order valence-corrected chi connectivity index (χ2v) is 8.72. The van der Waals surface area contributed by atoms with E-state index in [-0.39, 0.29) is 28.9 Å². The van der Waals surface area contributed by atoms with Crippen LogP contribution >= 0.6 is 24.0 Å². The molecular weight excluding hydrogens is 489 g/mol. The number of benzene rings is 1. The molecule has 2 aromatic rings. The van der Waals surface area contributed by atoms with E-state index in [1.165, 1.54) is 24.1 Å². The van der Waals surface area contributed by atoms with Gasteiger partial charge in [0.2, 0.25) is 10.0 Å². The average molecular weight is 519 g/mol. The Kier molecular flexibility index (Phi) is 9.45. The summed E-state index contributed by atoms with van der Waals surface area (Å²) in [6, 6.07) is 11.0. The summed E-state index contributed by atoms with van der Waals surface area (Å²) >= 11 is 0. The maximum absolute atomic E-state index is 12.1. The van der Waals surface area contributed by atoms with E-state index in [0.29, 0.717) is 6.54 Å². The molecule has 0 bridgehead atoms. The Labute approximate surface area is 185 Å². The van der Waals surface area contributed by atoms with Gasteiger partial charge in [-0.25, -0.2) is 17.7 Å². The van der Waals surface area contributed by atoms with Crippen molar-refractivity contribution in [2.24, 2.45) is 12.0 Å². The lowest BCUT2D eigenvalue weighted by Gasteiger charge is -2.22. The largest absolute Gasteiger partial charge is 0.357 e. The van der Waals surface area contributed by atoms with Gasteiger partial charge in [0.1, 0.15) is 0 Å². The van der Waals surface area contributed by atoms with Gasteiger partial charge in [0.25, 0.3) is 0 Å². The van der Waals surface area contributed by atoms with E-state index >= 15 is 0 Å². The van der Waals surface area contributed by atoms with Crippen molar-refractivity contribution in [2.45, 2.75) is 24.9 Å². The Morgan fingerprint density at radius 1 is 1.14 bits per heavy atom. The third kappa shape index (κ3) is 6.21. The summed E-state index contributed by atoms with van der Waals surface area (Å²) in [5, 5.41) is 3.30. The molecule has 9 heteroatoms. The van der Waals surface area contributed by atoms with Gasteiger partial charge in [-0.15, -0.1) is 24.0 Å². The van der Waals surface area contributed by atoms with Crippen LogP contribution in [0, 0.1) is 0 Å². The number of aromatic nitrogens is 1. The third-order valence-corrected chi connectivity index (χ3v) is 6.09. The summed E-state index contributed by atoms with van der Waals surface area (Å²) in [5.41, 5.74) is 2.15. The van der Waals surface area contributed by atoms with Crippen molar-refractivity contribution < 1.29 is 8.42 Å². The number of aryl methyl sites for hydroxylation is 1. The van der Waals surface area contributed by atoms with Crippen LogP contribution in [0.5, 0.6) is 0 Å². The van der Waals surface area contributed by atoms with Crippen molar-refractivity contribution in [3.63, 3.8) is 0 Å². The molecule has 0 radical (unpaired) electrons. The molecule has 0 spiro atoms. The molecule has 0 fully saturated rings. The molecule has 1 aromatic carbocycles. The monoisotopic (exact) mass is 519 g/mol. The minimum Gasteiger partial charge on any atom is -0.357 e. The summed E-state index contributed by atoms with van der Waals surface area (Å²) in [5.74, 6) is 0.809. The number of halogens is 1. The van der Waals surface area contributed by atoms with E-state index in [1.54, 1.807) is 24.3 Å². The van der Waals surface area contributed by atoms with Gasteiger partial charge in [-0.1, -0.05) is 12.1 Å². The van der Waals surface area contributed by atoms with E-state index in [1.807, 2.05) is 33.3 Å². The van der Waals surface area contributed by atoms with Crippen molar-refractivity contribution in [1.29, 1.82) is 0 Å². The van der Waals surface area contributed by atoms with Crippen LogP contribution < -0.4 is 5.32 Å². The van der Waals surface area contributed by atoms with Gasteiger partial charge in [-0.3, -0.25) is 0 Å². The van der Waals surface area contributed by atoms with E-state index in [2.05, 4.69) is 25.8 Å². The molecule has 0 aliphatic heterocycles. The molecule has 156 valence electrons. The molecule has 0 amide bonds. The molecule has 0 aliphatic rings. The highest BCUT2D eigenvalue weighted by Crippen LogP contribution is 2.14. The van der Waals surface area contributed by atoms with Gasteiger partial charge in [0.15, 0.2) is 5.96 Å². The molecular formula is C19H30IN5O2S. The van der Waals surface area contributed by atoms with Crippen LogP contribution in [0.3, 0.4) is 0 Å². The van der Waals surface area contributed by atoms with Gasteiger partial charge in [-0.2, -0.15) is 0 Å². The number of nitrogens with zero attached hydrogens (tertiary/aromatic N) is 4. The molecule has 0 saturated heterocycles. The van der Waals surface area contributed by atoms with E-state index in [0.717, 1.165) is 24.6 Å². The first-order valence-corrected chi connectivity index (χ1v) is 10.3. The standard InChI is InChI=1S/C19H29N5O2S.HI/c1-6-20-19(24(5)15-17-8-7-13-23(17)4)21-14-16-9-11-18(12-10-16)27(25,26)22(2)3;/h7-13H,6,14-15H2,1-5H3,(H,20,21);1H. The van der Waals surface area contributed by atoms with Gasteiger partial charge in [-0.05, 0) is 36.8 Å². The number of rotatable bonds is 7. The number of hydrogen-bond donors (Lipinski definition) is 1. The molecule has 0 atom stereocenters. The molecule has 1 aromatic heterocycles. The van der Waals surface area contributed by atoms with E-state index in [9.17, 15) is 8.42 Å². The van der Waals surface area contributed by atoms with Crippen LogP contribution in [0.25, 0.3) is 0 Å². The first kappa shape index (κ1) is 24.4. The summed E-state index contributed by atoms with van der Waals surface area (Å²) in [6.45, 7) is 4.03.